The number of ether oxygens (including phenoxy) is 1. The molecule has 82 valence electrons. The first kappa shape index (κ1) is 10.2. The van der Waals surface area contributed by atoms with Crippen molar-refractivity contribution in [2.45, 2.75) is 31.8 Å². The van der Waals surface area contributed by atoms with Crippen molar-refractivity contribution in [3.05, 3.63) is 12.2 Å². The van der Waals surface area contributed by atoms with E-state index in [0.717, 1.165) is 19.3 Å². The zero-order valence-corrected chi connectivity index (χ0v) is 8.44. The number of hydrogen-bond acceptors (Lipinski definition) is 3. The molecule has 2 fully saturated rings. The van der Waals surface area contributed by atoms with Crippen LogP contribution in [0.5, 0.6) is 0 Å². The maximum atomic E-state index is 11.3. The molecule has 4 heteroatoms. The number of carboxylic acids is 1. The number of fused-ring (bicyclic) bond motifs is 2. The molecule has 1 saturated carbocycles. The van der Waals surface area contributed by atoms with E-state index in [0.29, 0.717) is 6.42 Å². The first-order chi connectivity index (χ1) is 7.08. The summed E-state index contributed by atoms with van der Waals surface area (Å²) in [5, 5.41) is 8.73. The van der Waals surface area contributed by atoms with Gasteiger partial charge in [0, 0.05) is 11.5 Å². The third kappa shape index (κ3) is 1.89. The second-order valence-corrected chi connectivity index (χ2v) is 4.36. The van der Waals surface area contributed by atoms with E-state index in [2.05, 4.69) is 6.58 Å². The number of carbonyl (C=O) groups is 2. The third-order valence-corrected chi connectivity index (χ3v) is 3.34. The highest BCUT2D eigenvalue weighted by molar-refractivity contribution is 5.85. The van der Waals surface area contributed by atoms with E-state index in [1.807, 2.05) is 0 Å². The standard InChI is InChI=1S/C11H14O4/c1-6(10(12)13)4-7-2-3-8-5-9(7)15-11(8)14/h7-9H,1-5H2,(H,12,13). The zero-order valence-electron chi connectivity index (χ0n) is 8.44. The Morgan fingerprint density at radius 3 is 2.93 bits per heavy atom. The molecule has 0 spiro atoms. The minimum Gasteiger partial charge on any atom is -0.478 e. The van der Waals surface area contributed by atoms with Crippen LogP contribution in [0.2, 0.25) is 0 Å². The molecule has 0 radical (unpaired) electrons. The van der Waals surface area contributed by atoms with Crippen molar-refractivity contribution in [2.24, 2.45) is 11.8 Å². The van der Waals surface area contributed by atoms with Crippen LogP contribution in [0, 0.1) is 11.8 Å². The molecule has 0 aromatic heterocycles. The summed E-state index contributed by atoms with van der Waals surface area (Å²) in [6.07, 6.45) is 2.81. The number of aliphatic carboxylic acids is 1. The van der Waals surface area contributed by atoms with Crippen LogP contribution in [0.1, 0.15) is 25.7 Å². The molecule has 1 saturated heterocycles. The maximum Gasteiger partial charge on any atom is 0.330 e. The Balaban J connectivity index is 1.97. The van der Waals surface area contributed by atoms with Gasteiger partial charge in [-0.1, -0.05) is 6.58 Å². The SMILES string of the molecule is C=C(CC1CCC2CC1OC2=O)C(=O)O. The largest absolute Gasteiger partial charge is 0.478 e. The van der Waals surface area contributed by atoms with Crippen LogP contribution in [-0.2, 0) is 14.3 Å². The van der Waals surface area contributed by atoms with Gasteiger partial charge in [0.15, 0.2) is 0 Å². The molecule has 3 unspecified atom stereocenters. The minimum absolute atomic E-state index is 0.0596. The zero-order chi connectivity index (χ0) is 11.0. The van der Waals surface area contributed by atoms with Crippen LogP contribution in [-0.4, -0.2) is 23.1 Å². The van der Waals surface area contributed by atoms with Crippen LogP contribution >= 0.6 is 0 Å². The van der Waals surface area contributed by atoms with Crippen molar-refractivity contribution in [3.8, 4) is 0 Å². The Hall–Kier alpha value is -1.32. The lowest BCUT2D eigenvalue weighted by Gasteiger charge is -2.25. The molecule has 1 aliphatic carbocycles. The van der Waals surface area contributed by atoms with Crippen molar-refractivity contribution in [3.63, 3.8) is 0 Å². The molecule has 2 bridgehead atoms. The van der Waals surface area contributed by atoms with Gasteiger partial charge in [0.25, 0.3) is 0 Å². The van der Waals surface area contributed by atoms with Gasteiger partial charge in [0.1, 0.15) is 6.10 Å². The molecule has 1 heterocycles. The Labute approximate surface area is 87.9 Å². The van der Waals surface area contributed by atoms with Gasteiger partial charge in [-0.15, -0.1) is 0 Å². The van der Waals surface area contributed by atoms with Gasteiger partial charge in [-0.05, 0) is 25.7 Å². The van der Waals surface area contributed by atoms with Crippen LogP contribution in [0.15, 0.2) is 12.2 Å². The van der Waals surface area contributed by atoms with Crippen molar-refractivity contribution < 1.29 is 19.4 Å². The average Bonchev–Trinajstić information content (AvgIpc) is 2.48. The molecule has 1 aliphatic heterocycles. The van der Waals surface area contributed by atoms with Gasteiger partial charge >= 0.3 is 11.9 Å². The van der Waals surface area contributed by atoms with E-state index >= 15 is 0 Å². The molecule has 4 nitrogen and oxygen atoms in total. The lowest BCUT2D eigenvalue weighted by molar-refractivity contribution is -0.144. The van der Waals surface area contributed by atoms with Gasteiger partial charge in [-0.25, -0.2) is 4.79 Å². The molecular formula is C11H14O4. The summed E-state index contributed by atoms with van der Waals surface area (Å²) in [6.45, 7) is 3.51. The molecular weight excluding hydrogens is 196 g/mol. The van der Waals surface area contributed by atoms with E-state index in [9.17, 15) is 9.59 Å². The van der Waals surface area contributed by atoms with Crippen LogP contribution in [0.25, 0.3) is 0 Å². The quantitative estimate of drug-likeness (QED) is 0.564. The van der Waals surface area contributed by atoms with Crippen molar-refractivity contribution in [1.82, 2.24) is 0 Å². The normalized spacial score (nSPS) is 33.6. The Kier molecular flexibility index (Phi) is 2.50. The highest BCUT2D eigenvalue weighted by Crippen LogP contribution is 2.40. The molecule has 0 aromatic rings. The predicted molar refractivity (Wildman–Crippen MR) is 52.1 cm³/mol. The lowest BCUT2D eigenvalue weighted by Crippen LogP contribution is -2.25. The van der Waals surface area contributed by atoms with Crippen molar-refractivity contribution in [2.75, 3.05) is 0 Å². The first-order valence-corrected chi connectivity index (χ1v) is 5.19. The summed E-state index contributed by atoms with van der Waals surface area (Å²) in [5.74, 6) is -0.856. The minimum atomic E-state index is -0.957. The average molecular weight is 210 g/mol. The van der Waals surface area contributed by atoms with Crippen molar-refractivity contribution >= 4 is 11.9 Å². The number of rotatable bonds is 3. The molecule has 2 aliphatic rings. The topological polar surface area (TPSA) is 63.6 Å². The molecule has 0 aromatic carbocycles. The summed E-state index contributed by atoms with van der Waals surface area (Å²) >= 11 is 0. The number of esters is 1. The van der Waals surface area contributed by atoms with E-state index < -0.39 is 5.97 Å². The molecule has 1 N–H and O–H groups in total. The second kappa shape index (κ2) is 3.68. The lowest BCUT2D eigenvalue weighted by atomic mass is 9.79. The number of hydrogen-bond donors (Lipinski definition) is 1. The van der Waals surface area contributed by atoms with Crippen LogP contribution in [0.3, 0.4) is 0 Å². The Morgan fingerprint density at radius 1 is 1.53 bits per heavy atom. The highest BCUT2D eigenvalue weighted by atomic mass is 16.6. The number of carboxylic acid groups (broad SMARTS) is 1. The molecule has 15 heavy (non-hydrogen) atoms. The summed E-state index contributed by atoms with van der Waals surface area (Å²) in [7, 11) is 0. The third-order valence-electron chi connectivity index (χ3n) is 3.34. The van der Waals surface area contributed by atoms with Gasteiger partial charge in [0.05, 0.1) is 5.92 Å². The highest BCUT2D eigenvalue weighted by Gasteiger charge is 2.43. The predicted octanol–water partition coefficient (Wildman–Crippen LogP) is 1.36. The van der Waals surface area contributed by atoms with Crippen LogP contribution < -0.4 is 0 Å². The van der Waals surface area contributed by atoms with Crippen molar-refractivity contribution in [1.29, 1.82) is 0 Å². The molecule has 0 amide bonds. The Morgan fingerprint density at radius 2 is 2.27 bits per heavy atom. The summed E-state index contributed by atoms with van der Waals surface area (Å²) in [5.41, 5.74) is 0.210. The van der Waals surface area contributed by atoms with E-state index in [1.165, 1.54) is 0 Å². The fourth-order valence-electron chi connectivity index (χ4n) is 2.43. The maximum absolute atomic E-state index is 11.3. The monoisotopic (exact) mass is 210 g/mol. The smallest absolute Gasteiger partial charge is 0.330 e. The number of carbonyl (C=O) groups excluding carboxylic acids is 1. The summed E-state index contributed by atoms with van der Waals surface area (Å²) in [6, 6.07) is 0. The van der Waals surface area contributed by atoms with Crippen LogP contribution in [0.4, 0.5) is 0 Å². The van der Waals surface area contributed by atoms with E-state index in [1.54, 1.807) is 0 Å². The Bertz CT molecular complexity index is 321. The van der Waals surface area contributed by atoms with E-state index in [-0.39, 0.29) is 29.5 Å². The molecule has 2 rings (SSSR count). The van der Waals surface area contributed by atoms with Gasteiger partial charge in [-0.2, -0.15) is 0 Å². The van der Waals surface area contributed by atoms with Gasteiger partial charge < -0.3 is 9.84 Å². The first-order valence-electron chi connectivity index (χ1n) is 5.19. The van der Waals surface area contributed by atoms with E-state index in [4.69, 9.17) is 9.84 Å². The van der Waals surface area contributed by atoms with Gasteiger partial charge in [0.2, 0.25) is 0 Å². The van der Waals surface area contributed by atoms with Gasteiger partial charge in [-0.3, -0.25) is 4.79 Å². The summed E-state index contributed by atoms with van der Waals surface area (Å²) in [4.78, 5) is 21.9. The summed E-state index contributed by atoms with van der Waals surface area (Å²) < 4.78 is 5.21. The second-order valence-electron chi connectivity index (χ2n) is 4.36. The fourth-order valence-corrected chi connectivity index (χ4v) is 2.43. The molecule has 3 atom stereocenters. The fraction of sp³-hybridized carbons (Fsp3) is 0.636.